The van der Waals surface area contributed by atoms with Gasteiger partial charge in [0.15, 0.2) is 5.78 Å². The molecule has 0 unspecified atom stereocenters. The lowest BCUT2D eigenvalue weighted by atomic mass is 9.93. The molecule has 0 spiro atoms. The monoisotopic (exact) mass is 408 g/mol. The first-order valence-corrected chi connectivity index (χ1v) is 11.2. The fraction of sp³-hybridized carbons (Fsp3) is 0.417. The van der Waals surface area contributed by atoms with Crippen molar-refractivity contribution in [3.63, 3.8) is 0 Å². The Morgan fingerprint density at radius 2 is 1.97 bits per heavy atom. The molecule has 152 valence electrons. The van der Waals surface area contributed by atoms with Crippen molar-refractivity contribution in [1.29, 1.82) is 0 Å². The molecule has 0 aliphatic carbocycles. The molecule has 1 fully saturated rings. The van der Waals surface area contributed by atoms with Gasteiger partial charge in [-0.15, -0.1) is 11.3 Å². The average molecular weight is 409 g/mol. The summed E-state index contributed by atoms with van der Waals surface area (Å²) < 4.78 is 1.10. The van der Waals surface area contributed by atoms with Gasteiger partial charge in [0.1, 0.15) is 0 Å². The van der Waals surface area contributed by atoms with Crippen molar-refractivity contribution >= 4 is 27.3 Å². The molecule has 1 aliphatic rings. The topological polar surface area (TPSA) is 53.4 Å². The third kappa shape index (κ3) is 4.74. The third-order valence-electron chi connectivity index (χ3n) is 6.01. The summed E-state index contributed by atoms with van der Waals surface area (Å²) in [5, 5.41) is 10.9. The maximum Gasteiger partial charge on any atom is 0.162 e. The van der Waals surface area contributed by atoms with Crippen LogP contribution in [0.25, 0.3) is 10.2 Å². The quantitative estimate of drug-likeness (QED) is 0.568. The van der Waals surface area contributed by atoms with Gasteiger partial charge < -0.3 is 10.0 Å². The summed E-state index contributed by atoms with van der Waals surface area (Å²) in [5.41, 5.74) is 2.84. The van der Waals surface area contributed by atoms with Crippen molar-refractivity contribution in [2.24, 2.45) is 0 Å². The molecule has 2 aromatic carbocycles. The van der Waals surface area contributed by atoms with Gasteiger partial charge in [0.2, 0.25) is 0 Å². The minimum absolute atomic E-state index is 0.00307. The second kappa shape index (κ2) is 9.16. The first-order valence-electron chi connectivity index (χ1n) is 10.4. The lowest BCUT2D eigenvalue weighted by molar-refractivity contribution is 0.0974. The van der Waals surface area contributed by atoms with Crippen LogP contribution in [0.5, 0.6) is 0 Å². The molecule has 0 amide bonds. The average Bonchev–Trinajstić information content (AvgIpc) is 3.18. The Morgan fingerprint density at radius 3 is 2.69 bits per heavy atom. The van der Waals surface area contributed by atoms with Gasteiger partial charge in [-0.2, -0.15) is 0 Å². The molecule has 4 nitrogen and oxygen atoms in total. The van der Waals surface area contributed by atoms with Gasteiger partial charge in [-0.1, -0.05) is 30.3 Å². The van der Waals surface area contributed by atoms with Crippen LogP contribution in [-0.4, -0.2) is 47.5 Å². The Kier molecular flexibility index (Phi) is 6.38. The fourth-order valence-electron chi connectivity index (χ4n) is 4.08. The van der Waals surface area contributed by atoms with Crippen molar-refractivity contribution in [3.8, 4) is 0 Å². The van der Waals surface area contributed by atoms with E-state index in [9.17, 15) is 9.90 Å². The largest absolute Gasteiger partial charge is 0.396 e. The number of rotatable bonds is 7. The zero-order chi connectivity index (χ0) is 20.2. The van der Waals surface area contributed by atoms with E-state index >= 15 is 0 Å². The summed E-state index contributed by atoms with van der Waals surface area (Å²) >= 11 is 1.74. The molecule has 4 rings (SSSR count). The number of Topliss-reactive ketones (excluding diaryl/α,β-unsaturated/α-hetero) is 1. The molecule has 3 aromatic rings. The molecule has 2 heterocycles. The molecule has 0 saturated carbocycles. The van der Waals surface area contributed by atoms with E-state index in [1.54, 1.807) is 11.3 Å². The summed E-state index contributed by atoms with van der Waals surface area (Å²) in [6.45, 7) is 2.31. The number of carbonyl (C=O) groups excluding carboxylic acids is 1. The van der Waals surface area contributed by atoms with Crippen LogP contribution in [0.4, 0.5) is 0 Å². The molecule has 0 radical (unpaired) electrons. The Morgan fingerprint density at radius 1 is 1.21 bits per heavy atom. The highest BCUT2D eigenvalue weighted by atomic mass is 32.1. The van der Waals surface area contributed by atoms with E-state index in [2.05, 4.69) is 11.9 Å². The number of benzene rings is 2. The second-order valence-electron chi connectivity index (χ2n) is 8.06. The van der Waals surface area contributed by atoms with Crippen LogP contribution in [0.15, 0.2) is 48.5 Å². The van der Waals surface area contributed by atoms with Gasteiger partial charge in [-0.3, -0.25) is 4.79 Å². The molecule has 0 bridgehead atoms. The lowest BCUT2D eigenvalue weighted by Crippen LogP contribution is -2.29. The number of nitrogens with zero attached hydrogens (tertiary/aromatic N) is 2. The van der Waals surface area contributed by atoms with Gasteiger partial charge in [-0.25, -0.2) is 4.98 Å². The van der Waals surface area contributed by atoms with Crippen LogP contribution in [0.1, 0.15) is 58.4 Å². The standard InChI is InChI=1S/C24H28N2O2S/c1-26-13-11-18(12-14-26)24-25-21-9-7-19(15-23(21)29-24)22(28)10-8-20(16-27)17-5-3-2-4-6-17/h2-7,9,15,18,20,27H,8,10-14,16H2,1H3/t20-/m1/s1. The van der Waals surface area contributed by atoms with Gasteiger partial charge in [0.05, 0.1) is 15.2 Å². The minimum atomic E-state index is 0.00307. The Balaban J connectivity index is 1.44. The number of likely N-dealkylation sites (tertiary alicyclic amines) is 1. The van der Waals surface area contributed by atoms with Crippen molar-refractivity contribution in [2.75, 3.05) is 26.7 Å². The molecule has 1 saturated heterocycles. The number of ketones is 1. The predicted octanol–water partition coefficient (Wildman–Crippen LogP) is 4.84. The van der Waals surface area contributed by atoms with E-state index in [0.717, 1.165) is 47.3 Å². The highest BCUT2D eigenvalue weighted by molar-refractivity contribution is 7.18. The smallest absolute Gasteiger partial charge is 0.162 e. The number of hydrogen-bond donors (Lipinski definition) is 1. The Hall–Kier alpha value is -2.08. The van der Waals surface area contributed by atoms with Crippen LogP contribution in [-0.2, 0) is 0 Å². The first kappa shape index (κ1) is 20.2. The van der Waals surface area contributed by atoms with Gasteiger partial charge in [-0.05, 0) is 63.2 Å². The number of aromatic nitrogens is 1. The summed E-state index contributed by atoms with van der Waals surface area (Å²) in [7, 11) is 2.17. The maximum absolute atomic E-state index is 12.8. The van der Waals surface area contributed by atoms with E-state index in [0.29, 0.717) is 18.8 Å². The molecular weight excluding hydrogens is 380 g/mol. The van der Waals surface area contributed by atoms with Crippen LogP contribution in [0.2, 0.25) is 0 Å². The van der Waals surface area contributed by atoms with E-state index in [4.69, 9.17) is 4.98 Å². The van der Waals surface area contributed by atoms with E-state index in [1.165, 1.54) is 5.01 Å². The van der Waals surface area contributed by atoms with E-state index in [1.807, 2.05) is 48.5 Å². The molecule has 5 heteroatoms. The molecule has 1 atom stereocenters. The number of aliphatic hydroxyl groups is 1. The number of thiazole rings is 1. The molecule has 1 aliphatic heterocycles. The predicted molar refractivity (Wildman–Crippen MR) is 119 cm³/mol. The number of fused-ring (bicyclic) bond motifs is 1. The van der Waals surface area contributed by atoms with E-state index in [-0.39, 0.29) is 18.3 Å². The summed E-state index contributed by atoms with van der Waals surface area (Å²) in [4.78, 5) is 20.0. The van der Waals surface area contributed by atoms with Crippen LogP contribution >= 0.6 is 11.3 Å². The van der Waals surface area contributed by atoms with Crippen LogP contribution in [0.3, 0.4) is 0 Å². The molecule has 1 N–H and O–H groups in total. The minimum Gasteiger partial charge on any atom is -0.396 e. The van der Waals surface area contributed by atoms with Crippen LogP contribution in [0, 0.1) is 0 Å². The molecular formula is C24H28N2O2S. The normalized spacial score (nSPS) is 16.9. The zero-order valence-electron chi connectivity index (χ0n) is 16.9. The zero-order valence-corrected chi connectivity index (χ0v) is 17.7. The SMILES string of the molecule is CN1CCC(c2nc3ccc(C(=O)CC[C@H](CO)c4ccccc4)cc3s2)CC1. The first-order chi connectivity index (χ1) is 14.1. The van der Waals surface area contributed by atoms with Gasteiger partial charge >= 0.3 is 0 Å². The van der Waals surface area contributed by atoms with Crippen molar-refractivity contribution in [1.82, 2.24) is 9.88 Å². The summed E-state index contributed by atoms with van der Waals surface area (Å²) in [6, 6.07) is 15.8. The van der Waals surface area contributed by atoms with Crippen molar-refractivity contribution < 1.29 is 9.90 Å². The van der Waals surface area contributed by atoms with Gasteiger partial charge in [0, 0.05) is 30.4 Å². The fourth-order valence-corrected chi connectivity index (χ4v) is 5.26. The summed E-state index contributed by atoms with van der Waals surface area (Å²) in [5.74, 6) is 0.678. The molecule has 29 heavy (non-hydrogen) atoms. The highest BCUT2D eigenvalue weighted by Crippen LogP contribution is 2.34. The van der Waals surface area contributed by atoms with Crippen LogP contribution < -0.4 is 0 Å². The Bertz CT molecular complexity index is 961. The maximum atomic E-state index is 12.8. The van der Waals surface area contributed by atoms with E-state index < -0.39 is 0 Å². The van der Waals surface area contributed by atoms with Crippen molar-refractivity contribution in [2.45, 2.75) is 37.5 Å². The third-order valence-corrected chi connectivity index (χ3v) is 7.19. The number of hydrogen-bond acceptors (Lipinski definition) is 5. The number of piperidine rings is 1. The lowest BCUT2D eigenvalue weighted by Gasteiger charge is -2.27. The number of carbonyl (C=O) groups is 1. The Labute approximate surface area is 176 Å². The number of aliphatic hydroxyl groups excluding tert-OH is 1. The highest BCUT2D eigenvalue weighted by Gasteiger charge is 2.22. The van der Waals surface area contributed by atoms with Crippen molar-refractivity contribution in [3.05, 3.63) is 64.7 Å². The summed E-state index contributed by atoms with van der Waals surface area (Å²) in [6.07, 6.45) is 3.40. The second-order valence-corrected chi connectivity index (χ2v) is 9.13. The molecule has 1 aromatic heterocycles. The van der Waals surface area contributed by atoms with Gasteiger partial charge in [0.25, 0.3) is 0 Å².